The van der Waals surface area contributed by atoms with E-state index in [1.807, 2.05) is 0 Å². The fourth-order valence-corrected chi connectivity index (χ4v) is 7.28. The Labute approximate surface area is 129 Å². The molecule has 0 aromatic heterocycles. The fourth-order valence-electron chi connectivity index (χ4n) is 7.28. The van der Waals surface area contributed by atoms with Crippen molar-refractivity contribution in [2.24, 2.45) is 40.2 Å². The molecule has 0 bridgehead atoms. The number of fused-ring (bicyclic) bond motifs is 5. The number of hydrogen-bond acceptors (Lipinski definition) is 2. The van der Waals surface area contributed by atoms with Crippen LogP contribution in [0, 0.1) is 34.5 Å². The van der Waals surface area contributed by atoms with Crippen molar-refractivity contribution in [3.8, 4) is 0 Å². The highest BCUT2D eigenvalue weighted by atomic mass is 16.3. The molecule has 0 heterocycles. The molecule has 0 saturated heterocycles. The third-order valence-corrected chi connectivity index (χ3v) is 8.71. The summed E-state index contributed by atoms with van der Waals surface area (Å²) in [6, 6.07) is 0.446. The van der Waals surface area contributed by atoms with E-state index in [2.05, 4.69) is 13.8 Å². The molecule has 0 unspecified atom stereocenters. The Hall–Kier alpha value is -0.0800. The quantitative estimate of drug-likeness (QED) is 0.714. The summed E-state index contributed by atoms with van der Waals surface area (Å²) in [7, 11) is 0. The molecule has 2 nitrogen and oxygen atoms in total. The Bertz CT molecular complexity index is 424. The molecule has 0 radical (unpaired) electrons. The van der Waals surface area contributed by atoms with E-state index in [0.29, 0.717) is 16.9 Å². The average Bonchev–Trinajstić information content (AvgIpc) is 2.76. The summed E-state index contributed by atoms with van der Waals surface area (Å²) >= 11 is 0. The van der Waals surface area contributed by atoms with Gasteiger partial charge < -0.3 is 10.8 Å². The first-order valence-corrected chi connectivity index (χ1v) is 9.39. The topological polar surface area (TPSA) is 46.2 Å². The van der Waals surface area contributed by atoms with Crippen LogP contribution in [0.5, 0.6) is 0 Å². The summed E-state index contributed by atoms with van der Waals surface area (Å²) in [6.07, 6.45) is 11.5. The van der Waals surface area contributed by atoms with Crippen LogP contribution in [0.1, 0.15) is 71.6 Å². The Morgan fingerprint density at radius 3 is 2.38 bits per heavy atom. The maximum absolute atomic E-state index is 10.1. The van der Waals surface area contributed by atoms with Crippen molar-refractivity contribution in [3.05, 3.63) is 0 Å². The first-order chi connectivity index (χ1) is 9.95. The fraction of sp³-hybridized carbons (Fsp3) is 1.00. The summed E-state index contributed by atoms with van der Waals surface area (Å²) in [5.41, 5.74) is 7.43. The van der Waals surface area contributed by atoms with Gasteiger partial charge in [-0.25, -0.2) is 0 Å². The van der Waals surface area contributed by atoms with E-state index >= 15 is 0 Å². The summed E-state index contributed by atoms with van der Waals surface area (Å²) < 4.78 is 0. The molecular weight excluding hydrogens is 258 g/mol. The van der Waals surface area contributed by atoms with Crippen molar-refractivity contribution in [2.45, 2.75) is 83.8 Å². The molecular formula is C19H33NO. The van der Waals surface area contributed by atoms with E-state index in [1.54, 1.807) is 0 Å². The molecule has 0 aromatic carbocycles. The maximum Gasteiger partial charge on any atom is 0.0543 e. The van der Waals surface area contributed by atoms with E-state index < -0.39 is 0 Å². The Kier molecular flexibility index (Phi) is 3.25. The van der Waals surface area contributed by atoms with Crippen molar-refractivity contribution in [3.63, 3.8) is 0 Å². The van der Waals surface area contributed by atoms with Gasteiger partial charge in [-0.15, -0.1) is 0 Å². The zero-order valence-electron chi connectivity index (χ0n) is 13.9. The molecule has 120 valence electrons. The summed E-state index contributed by atoms with van der Waals surface area (Å²) in [5.74, 6) is 3.50. The molecule has 21 heavy (non-hydrogen) atoms. The first kappa shape index (κ1) is 14.5. The third-order valence-electron chi connectivity index (χ3n) is 8.71. The van der Waals surface area contributed by atoms with Crippen LogP contribution in [0.15, 0.2) is 0 Å². The van der Waals surface area contributed by atoms with Crippen LogP contribution in [0.4, 0.5) is 0 Å². The largest absolute Gasteiger partial charge is 0.393 e. The predicted molar refractivity (Wildman–Crippen MR) is 85.7 cm³/mol. The van der Waals surface area contributed by atoms with Crippen LogP contribution in [0.25, 0.3) is 0 Å². The van der Waals surface area contributed by atoms with Gasteiger partial charge in [0.05, 0.1) is 6.10 Å². The maximum atomic E-state index is 10.1. The highest BCUT2D eigenvalue weighted by Gasteiger charge is 2.59. The normalized spacial score (nSPS) is 60.0. The Morgan fingerprint density at radius 2 is 1.57 bits per heavy atom. The zero-order valence-corrected chi connectivity index (χ0v) is 13.9. The van der Waals surface area contributed by atoms with Crippen molar-refractivity contribution in [1.29, 1.82) is 0 Å². The molecule has 0 aromatic rings. The molecule has 3 N–H and O–H groups in total. The zero-order chi connectivity index (χ0) is 14.8. The summed E-state index contributed by atoms with van der Waals surface area (Å²) in [5, 5.41) is 10.1. The Morgan fingerprint density at radius 1 is 0.857 bits per heavy atom. The van der Waals surface area contributed by atoms with E-state index in [0.717, 1.165) is 36.5 Å². The van der Waals surface area contributed by atoms with Crippen LogP contribution < -0.4 is 5.73 Å². The van der Waals surface area contributed by atoms with Gasteiger partial charge in [-0.2, -0.15) is 0 Å². The second-order valence-electron chi connectivity index (χ2n) is 9.31. The van der Waals surface area contributed by atoms with Crippen LogP contribution in [-0.4, -0.2) is 17.3 Å². The molecule has 8 atom stereocenters. The molecule has 4 aliphatic carbocycles. The average molecular weight is 291 g/mol. The summed E-state index contributed by atoms with van der Waals surface area (Å²) in [6.45, 7) is 5.06. The van der Waals surface area contributed by atoms with Crippen molar-refractivity contribution < 1.29 is 5.11 Å². The van der Waals surface area contributed by atoms with Crippen LogP contribution in [0.3, 0.4) is 0 Å². The monoisotopic (exact) mass is 291 g/mol. The number of nitrogens with two attached hydrogens (primary N) is 1. The van der Waals surface area contributed by atoms with Crippen molar-refractivity contribution >= 4 is 0 Å². The van der Waals surface area contributed by atoms with Crippen molar-refractivity contribution in [1.82, 2.24) is 0 Å². The predicted octanol–water partition coefficient (Wildman–Crippen LogP) is 3.72. The minimum Gasteiger partial charge on any atom is -0.393 e. The lowest BCUT2D eigenvalue weighted by Crippen LogP contribution is -2.55. The van der Waals surface area contributed by atoms with Gasteiger partial charge in [0.15, 0.2) is 0 Å². The van der Waals surface area contributed by atoms with Gasteiger partial charge in [0.25, 0.3) is 0 Å². The third kappa shape index (κ3) is 1.91. The van der Waals surface area contributed by atoms with E-state index in [4.69, 9.17) is 5.73 Å². The molecule has 2 heteroatoms. The first-order valence-electron chi connectivity index (χ1n) is 9.39. The Balaban J connectivity index is 1.62. The van der Waals surface area contributed by atoms with Gasteiger partial charge in [-0.3, -0.25) is 0 Å². The number of rotatable bonds is 0. The van der Waals surface area contributed by atoms with E-state index in [-0.39, 0.29) is 6.10 Å². The SMILES string of the molecule is C[C@]12CC[C@H](O)C[C@@H]1CC[C@H]1[C@H]3CC[C@H](N)[C@]3(C)CC[C@@H]12. The van der Waals surface area contributed by atoms with Crippen molar-refractivity contribution in [2.75, 3.05) is 0 Å². The van der Waals surface area contributed by atoms with Crippen LogP contribution >= 0.6 is 0 Å². The van der Waals surface area contributed by atoms with Crippen LogP contribution in [0.2, 0.25) is 0 Å². The standard InChI is InChI=1S/C19H33NO/c1-18-9-7-13(21)11-12(18)3-4-14-15-5-6-17(20)19(15,2)10-8-16(14)18/h12-17,21H,3-11,20H2,1-2H3/t12-,13-,14-,15+,16-,17-,18-,19+/m0/s1. The number of aliphatic hydroxyl groups is 1. The van der Waals surface area contributed by atoms with E-state index in [9.17, 15) is 5.11 Å². The molecule has 4 aliphatic rings. The summed E-state index contributed by atoms with van der Waals surface area (Å²) in [4.78, 5) is 0. The number of hydrogen-bond donors (Lipinski definition) is 2. The van der Waals surface area contributed by atoms with Crippen LogP contribution in [-0.2, 0) is 0 Å². The lowest BCUT2D eigenvalue weighted by atomic mass is 9.45. The molecule has 0 amide bonds. The molecule has 4 fully saturated rings. The lowest BCUT2D eigenvalue weighted by Gasteiger charge is -2.60. The van der Waals surface area contributed by atoms with Gasteiger partial charge in [0, 0.05) is 6.04 Å². The second-order valence-corrected chi connectivity index (χ2v) is 9.31. The molecule has 0 spiro atoms. The highest BCUT2D eigenvalue weighted by molar-refractivity contribution is 5.10. The van der Waals surface area contributed by atoms with Gasteiger partial charge in [0.1, 0.15) is 0 Å². The van der Waals surface area contributed by atoms with Gasteiger partial charge in [-0.1, -0.05) is 13.8 Å². The van der Waals surface area contributed by atoms with Gasteiger partial charge >= 0.3 is 0 Å². The molecule has 0 aliphatic heterocycles. The lowest BCUT2D eigenvalue weighted by molar-refractivity contribution is -0.122. The van der Waals surface area contributed by atoms with Gasteiger partial charge in [-0.05, 0) is 92.3 Å². The molecule has 4 saturated carbocycles. The second kappa shape index (κ2) is 4.71. The highest BCUT2D eigenvalue weighted by Crippen LogP contribution is 2.65. The number of aliphatic hydroxyl groups excluding tert-OH is 1. The van der Waals surface area contributed by atoms with Gasteiger partial charge in [0.2, 0.25) is 0 Å². The smallest absolute Gasteiger partial charge is 0.0543 e. The minimum absolute atomic E-state index is 0.0200. The van der Waals surface area contributed by atoms with E-state index in [1.165, 1.54) is 44.9 Å². The molecule has 4 rings (SSSR count). The minimum atomic E-state index is -0.0200.